The van der Waals surface area contributed by atoms with Crippen LogP contribution in [0.5, 0.6) is 0 Å². The zero-order chi connectivity index (χ0) is 27.5. The van der Waals surface area contributed by atoms with E-state index < -0.39 is 75.3 Å². The fourth-order valence-electron chi connectivity index (χ4n) is 3.19. The largest absolute Gasteiger partial charge is 0.417 e. The van der Waals surface area contributed by atoms with Gasteiger partial charge in [-0.1, -0.05) is 23.7 Å². The lowest BCUT2D eigenvalue weighted by atomic mass is 9.94. The van der Waals surface area contributed by atoms with Gasteiger partial charge >= 0.3 is 12.4 Å². The zero-order valence-electron chi connectivity index (χ0n) is 18.1. The molecule has 37 heavy (non-hydrogen) atoms. The second-order valence-electron chi connectivity index (χ2n) is 7.44. The molecule has 196 valence electrons. The van der Waals surface area contributed by atoms with Gasteiger partial charge in [0.2, 0.25) is 5.95 Å². The zero-order valence-corrected chi connectivity index (χ0v) is 18.8. The number of rotatable bonds is 7. The average Bonchev–Trinajstić information content (AvgIpc) is 2.83. The van der Waals surface area contributed by atoms with E-state index in [0.717, 1.165) is 0 Å². The van der Waals surface area contributed by atoms with Gasteiger partial charge in [-0.3, -0.25) is 4.79 Å². The van der Waals surface area contributed by atoms with E-state index in [-0.39, 0.29) is 30.2 Å². The van der Waals surface area contributed by atoms with Gasteiger partial charge in [-0.2, -0.15) is 26.3 Å². The van der Waals surface area contributed by atoms with Gasteiger partial charge in [0, 0.05) is 23.5 Å². The molecule has 3 rings (SSSR count). The molecule has 0 amide bonds. The average molecular weight is 554 g/mol. The summed E-state index contributed by atoms with van der Waals surface area (Å²) in [5.41, 5.74) is -4.52. The molecule has 2 aromatic carbocycles. The van der Waals surface area contributed by atoms with Gasteiger partial charge < -0.3 is 5.32 Å². The molecule has 14 heteroatoms. The third-order valence-corrected chi connectivity index (χ3v) is 5.27. The lowest BCUT2D eigenvalue weighted by molar-refractivity contribution is -0.140. The van der Waals surface area contributed by atoms with E-state index in [1.54, 1.807) is 0 Å². The van der Waals surface area contributed by atoms with Crippen LogP contribution in [0.2, 0.25) is 5.02 Å². The Labute approximate surface area is 207 Å². The monoisotopic (exact) mass is 553 g/mol. The van der Waals surface area contributed by atoms with E-state index in [2.05, 4.69) is 15.3 Å². The number of benzene rings is 2. The summed E-state index contributed by atoms with van der Waals surface area (Å²) in [6, 6.07) is 3.36. The molecule has 3 aromatic rings. The Hall–Kier alpha value is -3.61. The third kappa shape index (κ3) is 6.79. The Morgan fingerprint density at radius 2 is 1.59 bits per heavy atom. The van der Waals surface area contributed by atoms with Crippen LogP contribution in [0.1, 0.15) is 33.0 Å². The van der Waals surface area contributed by atoms with Crippen LogP contribution in [-0.4, -0.2) is 28.5 Å². The van der Waals surface area contributed by atoms with Crippen molar-refractivity contribution < 1.29 is 44.3 Å². The number of carbonyl (C=O) groups excluding carboxylic acids is 1. The maximum Gasteiger partial charge on any atom is 0.417 e. The molecule has 4 nitrogen and oxygen atoms in total. The summed E-state index contributed by atoms with van der Waals surface area (Å²) in [7, 11) is 0. The molecule has 0 saturated carbocycles. The normalized spacial score (nSPS) is 13.4. The Bertz CT molecular complexity index is 1300. The molecule has 1 aromatic heterocycles. The van der Waals surface area contributed by atoms with Crippen molar-refractivity contribution in [2.24, 2.45) is 0 Å². The molecule has 1 heterocycles. The van der Waals surface area contributed by atoms with Crippen LogP contribution in [-0.2, 0) is 6.18 Å². The number of nitrogens with zero attached hydrogens (tertiary/aromatic N) is 2. The van der Waals surface area contributed by atoms with Crippen molar-refractivity contribution in [2.45, 2.75) is 18.3 Å². The van der Waals surface area contributed by atoms with E-state index >= 15 is 0 Å². The third-order valence-electron chi connectivity index (χ3n) is 4.90. The first-order chi connectivity index (χ1) is 17.2. The number of ketones is 1. The minimum Gasteiger partial charge on any atom is -0.347 e. The van der Waals surface area contributed by atoms with E-state index in [9.17, 15) is 44.3 Å². The number of aromatic nitrogens is 2. The van der Waals surface area contributed by atoms with Gasteiger partial charge in [-0.25, -0.2) is 23.1 Å². The summed E-state index contributed by atoms with van der Waals surface area (Å²) < 4.78 is 124. The molecule has 0 aliphatic carbocycles. The van der Waals surface area contributed by atoms with Crippen LogP contribution in [0, 0.1) is 11.6 Å². The van der Waals surface area contributed by atoms with Crippen molar-refractivity contribution in [2.75, 3.05) is 11.9 Å². The number of allylic oxidation sites excluding steroid dienone is 1. The first-order valence-corrected chi connectivity index (χ1v) is 10.4. The van der Waals surface area contributed by atoms with Crippen LogP contribution in [0.25, 0.3) is 5.83 Å². The van der Waals surface area contributed by atoms with Gasteiger partial charge in [0.25, 0.3) is 0 Å². The molecule has 0 aliphatic heterocycles. The maximum atomic E-state index is 14.8. The standard InChI is InChI=1S/C23H13ClF9N3O/c24-20-17(26)7-12(8-18(20)27)14(22(28,29)30)9-16(25)11-2-3-13(15(6-11)23(31,32)33)19(37)10-36-21-34-4-1-5-35-21/h1-9,14H,10H2,(H,34,35,36)/b16-9-. The Kier molecular flexibility index (Phi) is 8.16. The van der Waals surface area contributed by atoms with E-state index in [0.29, 0.717) is 12.1 Å². The van der Waals surface area contributed by atoms with Gasteiger partial charge in [0.1, 0.15) is 28.4 Å². The Balaban J connectivity index is 1.99. The summed E-state index contributed by atoms with van der Waals surface area (Å²) in [6.45, 7) is -0.672. The number of hydrogen-bond acceptors (Lipinski definition) is 4. The minimum atomic E-state index is -5.28. The van der Waals surface area contributed by atoms with Crippen LogP contribution in [0.4, 0.5) is 45.5 Å². The summed E-state index contributed by atoms with van der Waals surface area (Å²) in [5, 5.41) is 1.33. The van der Waals surface area contributed by atoms with E-state index in [4.69, 9.17) is 11.6 Å². The number of alkyl halides is 6. The first kappa shape index (κ1) is 28.0. The lowest BCUT2D eigenvalue weighted by Crippen LogP contribution is -2.21. The van der Waals surface area contributed by atoms with Crippen molar-refractivity contribution >= 4 is 29.2 Å². The summed E-state index contributed by atoms with van der Waals surface area (Å²) in [5.74, 6) is -8.94. The molecule has 0 aliphatic rings. The molecule has 1 unspecified atom stereocenters. The lowest BCUT2D eigenvalue weighted by Gasteiger charge is -2.19. The Morgan fingerprint density at radius 1 is 1.00 bits per heavy atom. The second kappa shape index (κ2) is 10.8. The number of halogens is 10. The highest BCUT2D eigenvalue weighted by Gasteiger charge is 2.41. The number of nitrogens with one attached hydrogen (secondary N) is 1. The molecular formula is C23H13ClF9N3O. The minimum absolute atomic E-state index is 0.0525. The summed E-state index contributed by atoms with van der Waals surface area (Å²) in [4.78, 5) is 19.9. The van der Waals surface area contributed by atoms with Gasteiger partial charge in [0.05, 0.1) is 12.1 Å². The SMILES string of the molecule is O=C(CNc1ncccn1)c1ccc(/C(F)=C/C(c2cc(F)c(Cl)c(F)c2)C(F)(F)F)cc1C(F)(F)F. The fourth-order valence-corrected chi connectivity index (χ4v) is 3.30. The van der Waals surface area contributed by atoms with Gasteiger partial charge in [0.15, 0.2) is 5.78 Å². The Morgan fingerprint density at radius 3 is 2.14 bits per heavy atom. The molecule has 1 N–H and O–H groups in total. The van der Waals surface area contributed by atoms with Crippen LogP contribution < -0.4 is 5.32 Å². The molecule has 0 spiro atoms. The highest BCUT2D eigenvalue weighted by Crippen LogP contribution is 2.41. The number of Topliss-reactive ketones (excluding diaryl/α,β-unsaturated/α-hetero) is 1. The van der Waals surface area contributed by atoms with Crippen LogP contribution in [0.3, 0.4) is 0 Å². The molecule has 0 radical (unpaired) electrons. The quantitative estimate of drug-likeness (QED) is 0.188. The summed E-state index contributed by atoms with van der Waals surface area (Å²) in [6.07, 6.45) is -7.97. The molecule has 1 atom stereocenters. The van der Waals surface area contributed by atoms with E-state index in [1.165, 1.54) is 18.5 Å². The van der Waals surface area contributed by atoms with Crippen molar-refractivity contribution in [3.05, 3.63) is 93.8 Å². The van der Waals surface area contributed by atoms with Crippen LogP contribution >= 0.6 is 11.6 Å². The van der Waals surface area contributed by atoms with Gasteiger partial charge in [-0.05, 0) is 35.9 Å². The van der Waals surface area contributed by atoms with Crippen molar-refractivity contribution in [1.82, 2.24) is 9.97 Å². The molecule has 0 fully saturated rings. The predicted molar refractivity (Wildman–Crippen MR) is 116 cm³/mol. The van der Waals surface area contributed by atoms with Crippen LogP contribution in [0.15, 0.2) is 54.9 Å². The maximum absolute atomic E-state index is 14.8. The number of anilines is 1. The molecular weight excluding hydrogens is 541 g/mol. The fraction of sp³-hybridized carbons (Fsp3) is 0.174. The number of carbonyl (C=O) groups is 1. The second-order valence-corrected chi connectivity index (χ2v) is 7.82. The number of hydrogen-bond donors (Lipinski definition) is 1. The molecule has 0 bridgehead atoms. The summed E-state index contributed by atoms with van der Waals surface area (Å²) >= 11 is 5.26. The topological polar surface area (TPSA) is 54.9 Å². The predicted octanol–water partition coefficient (Wildman–Crippen LogP) is 7.38. The smallest absolute Gasteiger partial charge is 0.347 e. The van der Waals surface area contributed by atoms with Gasteiger partial charge in [-0.15, -0.1) is 0 Å². The van der Waals surface area contributed by atoms with E-state index in [1.807, 2.05) is 0 Å². The van der Waals surface area contributed by atoms with Crippen molar-refractivity contribution in [3.63, 3.8) is 0 Å². The first-order valence-electron chi connectivity index (χ1n) is 10.0. The highest BCUT2D eigenvalue weighted by atomic mass is 35.5. The highest BCUT2D eigenvalue weighted by molar-refractivity contribution is 6.30. The van der Waals surface area contributed by atoms with Crippen molar-refractivity contribution in [1.29, 1.82) is 0 Å². The van der Waals surface area contributed by atoms with Crippen molar-refractivity contribution in [3.8, 4) is 0 Å². The molecule has 0 saturated heterocycles.